The molecule has 2 heterocycles. The average molecular weight is 376 g/mol. The fourth-order valence-electron chi connectivity index (χ4n) is 2.46. The third kappa shape index (κ3) is 5.52. The van der Waals surface area contributed by atoms with Gasteiger partial charge < -0.3 is 5.73 Å². The highest BCUT2D eigenvalue weighted by molar-refractivity contribution is 7.92. The van der Waals surface area contributed by atoms with Gasteiger partial charge in [-0.05, 0) is 53.6 Å². The largest absolute Gasteiger partial charge is 0.364 e. The van der Waals surface area contributed by atoms with Gasteiger partial charge in [-0.25, -0.2) is 13.4 Å². The first-order valence-electron chi connectivity index (χ1n) is 8.40. The highest BCUT2D eigenvalue weighted by atomic mass is 32.2. The Bertz CT molecular complexity index is 882. The monoisotopic (exact) mass is 376 g/mol. The Morgan fingerprint density at radius 1 is 1.12 bits per heavy atom. The van der Waals surface area contributed by atoms with Crippen LogP contribution in [0.3, 0.4) is 0 Å². The summed E-state index contributed by atoms with van der Waals surface area (Å²) >= 11 is 0. The predicted molar refractivity (Wildman–Crippen MR) is 102 cm³/mol. The molecule has 0 spiro atoms. The second-order valence-electron chi connectivity index (χ2n) is 6.58. The number of hydrogen-bond donors (Lipinski definition) is 2. The molecule has 0 saturated heterocycles. The summed E-state index contributed by atoms with van der Waals surface area (Å²) in [5.41, 5.74) is 7.24. The summed E-state index contributed by atoms with van der Waals surface area (Å²) in [6, 6.07) is 6.96. The Morgan fingerprint density at radius 2 is 1.77 bits per heavy atom. The number of primary amides is 1. The van der Waals surface area contributed by atoms with Crippen molar-refractivity contribution < 1.29 is 13.2 Å². The summed E-state index contributed by atoms with van der Waals surface area (Å²) in [6.07, 6.45) is 3.49. The van der Waals surface area contributed by atoms with Crippen molar-refractivity contribution in [2.45, 2.75) is 39.0 Å². The van der Waals surface area contributed by atoms with Gasteiger partial charge in [0, 0.05) is 12.4 Å². The van der Waals surface area contributed by atoms with Crippen LogP contribution in [0.25, 0.3) is 0 Å². The molecule has 0 aromatic carbocycles. The standard InChI is InChI=1S/C18H24N4O3S/c1-12(2)14-4-8-21-17(11-14)22-26(24,25)9-6-13(3)15-5-7-20-16(10-15)18(19)23/h4-5,7-8,10-13H,6,9H2,1-3H3,(H2,19,23)(H,21,22). The second-order valence-corrected chi connectivity index (χ2v) is 8.42. The molecule has 0 radical (unpaired) electrons. The number of carbonyl (C=O) groups excluding carboxylic acids is 1. The molecule has 1 unspecified atom stereocenters. The fourth-order valence-corrected chi connectivity index (χ4v) is 3.66. The summed E-state index contributed by atoms with van der Waals surface area (Å²) in [5, 5.41) is 0. The molecule has 0 aliphatic heterocycles. The number of nitrogens with zero attached hydrogens (tertiary/aromatic N) is 2. The van der Waals surface area contributed by atoms with E-state index in [0.29, 0.717) is 12.2 Å². The molecular weight excluding hydrogens is 352 g/mol. The minimum absolute atomic E-state index is 0.0595. The lowest BCUT2D eigenvalue weighted by Gasteiger charge is -2.14. The lowest BCUT2D eigenvalue weighted by Crippen LogP contribution is -2.19. The van der Waals surface area contributed by atoms with E-state index in [1.54, 1.807) is 24.4 Å². The van der Waals surface area contributed by atoms with Crippen molar-refractivity contribution in [3.8, 4) is 0 Å². The van der Waals surface area contributed by atoms with Gasteiger partial charge in [0.15, 0.2) is 0 Å². The Morgan fingerprint density at radius 3 is 2.42 bits per heavy atom. The maximum absolute atomic E-state index is 12.4. The van der Waals surface area contributed by atoms with Gasteiger partial charge in [-0.2, -0.15) is 0 Å². The minimum atomic E-state index is -3.53. The van der Waals surface area contributed by atoms with Crippen LogP contribution >= 0.6 is 0 Å². The topological polar surface area (TPSA) is 115 Å². The van der Waals surface area contributed by atoms with Crippen LogP contribution in [-0.4, -0.2) is 30.0 Å². The number of aromatic nitrogens is 2. The number of sulfonamides is 1. The molecule has 2 aromatic rings. The van der Waals surface area contributed by atoms with Crippen LogP contribution in [0.2, 0.25) is 0 Å². The predicted octanol–water partition coefficient (Wildman–Crippen LogP) is 2.63. The number of nitrogens with two attached hydrogens (primary N) is 1. The van der Waals surface area contributed by atoms with E-state index in [1.807, 2.05) is 26.8 Å². The Labute approximate surface area is 154 Å². The number of hydrogen-bond acceptors (Lipinski definition) is 5. The first-order chi connectivity index (χ1) is 12.2. The van der Waals surface area contributed by atoms with Crippen LogP contribution in [0.1, 0.15) is 60.6 Å². The van der Waals surface area contributed by atoms with E-state index in [9.17, 15) is 13.2 Å². The molecule has 0 aliphatic carbocycles. The van der Waals surface area contributed by atoms with Crippen molar-refractivity contribution in [2.24, 2.45) is 5.73 Å². The normalized spacial score (nSPS) is 12.8. The van der Waals surface area contributed by atoms with Gasteiger partial charge in [0.2, 0.25) is 10.0 Å². The van der Waals surface area contributed by atoms with E-state index < -0.39 is 15.9 Å². The number of anilines is 1. The maximum atomic E-state index is 12.4. The first kappa shape index (κ1) is 19.8. The summed E-state index contributed by atoms with van der Waals surface area (Å²) in [7, 11) is -3.53. The zero-order chi connectivity index (χ0) is 19.3. The third-order valence-electron chi connectivity index (χ3n) is 4.14. The molecule has 1 atom stereocenters. The van der Waals surface area contributed by atoms with E-state index in [0.717, 1.165) is 11.1 Å². The molecular formula is C18H24N4O3S. The Kier molecular flexibility index (Phi) is 6.31. The summed E-state index contributed by atoms with van der Waals surface area (Å²) in [6.45, 7) is 5.96. The number of nitrogens with one attached hydrogen (secondary N) is 1. The van der Waals surface area contributed by atoms with E-state index in [1.165, 1.54) is 6.20 Å². The van der Waals surface area contributed by atoms with Gasteiger partial charge in [-0.3, -0.25) is 14.5 Å². The van der Waals surface area contributed by atoms with E-state index in [2.05, 4.69) is 14.7 Å². The van der Waals surface area contributed by atoms with Crippen molar-refractivity contribution in [2.75, 3.05) is 10.5 Å². The van der Waals surface area contributed by atoms with Gasteiger partial charge in [0.25, 0.3) is 5.91 Å². The Hall–Kier alpha value is -2.48. The zero-order valence-corrected chi connectivity index (χ0v) is 16.0. The van der Waals surface area contributed by atoms with Crippen LogP contribution in [0.5, 0.6) is 0 Å². The van der Waals surface area contributed by atoms with Crippen LogP contribution in [0, 0.1) is 0 Å². The highest BCUT2D eigenvalue weighted by Crippen LogP contribution is 2.21. The molecule has 7 nitrogen and oxygen atoms in total. The van der Waals surface area contributed by atoms with E-state index in [4.69, 9.17) is 5.73 Å². The lowest BCUT2D eigenvalue weighted by atomic mass is 9.99. The smallest absolute Gasteiger partial charge is 0.267 e. The van der Waals surface area contributed by atoms with Crippen LogP contribution in [0.4, 0.5) is 5.82 Å². The molecule has 1 amide bonds. The molecule has 0 fully saturated rings. The molecule has 8 heteroatoms. The molecule has 0 saturated carbocycles. The van der Waals surface area contributed by atoms with E-state index in [-0.39, 0.29) is 23.3 Å². The fraction of sp³-hybridized carbons (Fsp3) is 0.389. The van der Waals surface area contributed by atoms with Gasteiger partial charge in [0.1, 0.15) is 11.5 Å². The maximum Gasteiger partial charge on any atom is 0.267 e. The summed E-state index contributed by atoms with van der Waals surface area (Å²) in [4.78, 5) is 19.2. The third-order valence-corrected chi connectivity index (χ3v) is 5.43. The average Bonchev–Trinajstić information content (AvgIpc) is 2.59. The SMILES string of the molecule is CC(C)c1ccnc(NS(=O)(=O)CCC(C)c2ccnc(C(N)=O)c2)c1. The van der Waals surface area contributed by atoms with Crippen molar-refractivity contribution in [1.82, 2.24) is 9.97 Å². The quantitative estimate of drug-likeness (QED) is 0.735. The summed E-state index contributed by atoms with van der Waals surface area (Å²) < 4.78 is 27.2. The van der Waals surface area contributed by atoms with Crippen molar-refractivity contribution in [3.05, 3.63) is 53.5 Å². The second kappa shape index (κ2) is 8.27. The molecule has 3 N–H and O–H groups in total. The number of amides is 1. The van der Waals surface area contributed by atoms with Gasteiger partial charge in [-0.1, -0.05) is 20.8 Å². The number of carbonyl (C=O) groups is 1. The molecule has 0 aliphatic rings. The molecule has 0 bridgehead atoms. The van der Waals surface area contributed by atoms with Gasteiger partial charge >= 0.3 is 0 Å². The van der Waals surface area contributed by atoms with Crippen LogP contribution in [-0.2, 0) is 10.0 Å². The molecule has 2 aromatic heterocycles. The highest BCUT2D eigenvalue weighted by Gasteiger charge is 2.16. The first-order valence-corrected chi connectivity index (χ1v) is 10.1. The van der Waals surface area contributed by atoms with Crippen LogP contribution < -0.4 is 10.5 Å². The molecule has 26 heavy (non-hydrogen) atoms. The van der Waals surface area contributed by atoms with Crippen molar-refractivity contribution >= 4 is 21.7 Å². The lowest BCUT2D eigenvalue weighted by molar-refractivity contribution is 0.0995. The minimum Gasteiger partial charge on any atom is -0.364 e. The summed E-state index contributed by atoms with van der Waals surface area (Å²) in [5.74, 6) is -0.126. The Balaban J connectivity index is 2.02. The van der Waals surface area contributed by atoms with E-state index >= 15 is 0 Å². The van der Waals surface area contributed by atoms with Gasteiger partial charge in [-0.15, -0.1) is 0 Å². The van der Waals surface area contributed by atoms with Crippen molar-refractivity contribution in [1.29, 1.82) is 0 Å². The van der Waals surface area contributed by atoms with Gasteiger partial charge in [0.05, 0.1) is 5.75 Å². The number of pyridine rings is 2. The van der Waals surface area contributed by atoms with Crippen molar-refractivity contribution in [3.63, 3.8) is 0 Å². The van der Waals surface area contributed by atoms with Crippen LogP contribution in [0.15, 0.2) is 36.7 Å². The zero-order valence-electron chi connectivity index (χ0n) is 15.1. The molecule has 140 valence electrons. The number of rotatable bonds is 8. The molecule has 2 rings (SSSR count).